The molecule has 1 heterocycles. The molecule has 1 aromatic heterocycles. The Morgan fingerprint density at radius 1 is 1.45 bits per heavy atom. The van der Waals surface area contributed by atoms with E-state index in [0.717, 1.165) is 12.4 Å². The van der Waals surface area contributed by atoms with Crippen molar-refractivity contribution in [1.29, 1.82) is 0 Å². The van der Waals surface area contributed by atoms with E-state index in [0.29, 0.717) is 15.5 Å². The molecule has 0 saturated carbocycles. The van der Waals surface area contributed by atoms with Gasteiger partial charge in [0, 0.05) is 11.2 Å². The number of rotatable bonds is 4. The molecule has 0 aliphatic rings. The van der Waals surface area contributed by atoms with E-state index in [1.807, 2.05) is 0 Å². The van der Waals surface area contributed by atoms with Crippen LogP contribution in [0.5, 0.6) is 5.75 Å². The first-order chi connectivity index (χ1) is 10.3. The summed E-state index contributed by atoms with van der Waals surface area (Å²) in [5.41, 5.74) is 0.301. The summed E-state index contributed by atoms with van der Waals surface area (Å²) < 4.78 is 42.5. The van der Waals surface area contributed by atoms with Gasteiger partial charge in [0.25, 0.3) is 5.91 Å². The maximum absolute atomic E-state index is 12.2. The van der Waals surface area contributed by atoms with Crippen LogP contribution in [0.15, 0.2) is 30.6 Å². The van der Waals surface area contributed by atoms with Crippen LogP contribution < -0.4 is 10.1 Å². The summed E-state index contributed by atoms with van der Waals surface area (Å²) in [6, 6.07) is 4.47. The Kier molecular flexibility index (Phi) is 4.60. The van der Waals surface area contributed by atoms with Crippen LogP contribution in [0.4, 0.5) is 18.9 Å². The highest BCUT2D eigenvalue weighted by Crippen LogP contribution is 2.24. The Balaban J connectivity index is 2.14. The van der Waals surface area contributed by atoms with Crippen LogP contribution in [-0.4, -0.2) is 29.0 Å². The van der Waals surface area contributed by atoms with Crippen LogP contribution in [0.2, 0.25) is 5.02 Å². The Morgan fingerprint density at radius 3 is 2.82 bits per heavy atom. The number of benzene rings is 1. The Labute approximate surface area is 128 Å². The molecule has 0 bridgehead atoms. The zero-order valence-corrected chi connectivity index (χ0v) is 12.1. The highest BCUT2D eigenvalue weighted by molar-refractivity contribution is 6.31. The van der Waals surface area contributed by atoms with E-state index >= 15 is 0 Å². The number of halogens is 4. The van der Waals surface area contributed by atoms with Gasteiger partial charge in [-0.25, -0.2) is 0 Å². The number of alkyl halides is 3. The molecule has 118 valence electrons. The molecule has 0 fully saturated rings. The number of anilines is 1. The Bertz CT molecular complexity index is 685. The number of ether oxygens (including phenoxy) is 1. The average molecular weight is 334 g/mol. The Hall–Kier alpha value is -2.22. The number of nitrogens with one attached hydrogen (secondary N) is 1. The highest BCUT2D eigenvalue weighted by atomic mass is 35.5. The molecule has 5 nitrogen and oxygen atoms in total. The van der Waals surface area contributed by atoms with Crippen molar-refractivity contribution < 1.29 is 22.7 Å². The second-order valence-corrected chi connectivity index (χ2v) is 4.78. The number of aromatic nitrogens is 2. The molecule has 2 rings (SSSR count). The predicted molar refractivity (Wildman–Crippen MR) is 74.2 cm³/mol. The van der Waals surface area contributed by atoms with Gasteiger partial charge in [0.15, 0.2) is 0 Å². The zero-order valence-electron chi connectivity index (χ0n) is 11.3. The van der Waals surface area contributed by atoms with Crippen molar-refractivity contribution in [1.82, 2.24) is 9.78 Å². The van der Waals surface area contributed by atoms with E-state index in [1.165, 1.54) is 19.2 Å². The van der Waals surface area contributed by atoms with E-state index in [4.69, 9.17) is 16.3 Å². The molecule has 0 spiro atoms. The van der Waals surface area contributed by atoms with E-state index in [2.05, 4.69) is 10.4 Å². The first-order valence-electron chi connectivity index (χ1n) is 6.02. The van der Waals surface area contributed by atoms with Crippen LogP contribution in [0.1, 0.15) is 10.4 Å². The summed E-state index contributed by atoms with van der Waals surface area (Å²) in [4.78, 5) is 12.1. The number of hydrogen-bond donors (Lipinski definition) is 1. The number of carbonyl (C=O) groups is 1. The molecule has 0 unspecified atom stereocenters. The lowest BCUT2D eigenvalue weighted by atomic mass is 10.2. The molecule has 1 aromatic carbocycles. The summed E-state index contributed by atoms with van der Waals surface area (Å²) >= 11 is 5.82. The van der Waals surface area contributed by atoms with Crippen molar-refractivity contribution in [3.05, 3.63) is 41.2 Å². The summed E-state index contributed by atoms with van der Waals surface area (Å²) in [5.74, 6) is -0.268. The van der Waals surface area contributed by atoms with E-state index in [1.54, 1.807) is 6.07 Å². The second kappa shape index (κ2) is 6.27. The summed E-state index contributed by atoms with van der Waals surface area (Å²) in [6.07, 6.45) is -2.17. The molecule has 2 aromatic rings. The molecule has 1 N–H and O–H groups in total. The van der Waals surface area contributed by atoms with E-state index < -0.39 is 18.6 Å². The van der Waals surface area contributed by atoms with Crippen LogP contribution >= 0.6 is 11.6 Å². The van der Waals surface area contributed by atoms with Crippen LogP contribution in [0.25, 0.3) is 0 Å². The van der Waals surface area contributed by atoms with Crippen molar-refractivity contribution in [3.63, 3.8) is 0 Å². The quantitative estimate of drug-likeness (QED) is 0.933. The van der Waals surface area contributed by atoms with E-state index in [9.17, 15) is 18.0 Å². The fourth-order valence-corrected chi connectivity index (χ4v) is 1.93. The molecule has 0 aliphatic carbocycles. The predicted octanol–water partition coefficient (Wildman–Crippen LogP) is 3.36. The van der Waals surface area contributed by atoms with Crippen molar-refractivity contribution in [2.45, 2.75) is 12.7 Å². The Morgan fingerprint density at radius 2 is 2.18 bits per heavy atom. The smallest absolute Gasteiger partial charge is 0.408 e. The molecule has 1 amide bonds. The fourth-order valence-electron chi connectivity index (χ4n) is 1.75. The minimum atomic E-state index is -4.39. The van der Waals surface area contributed by atoms with Crippen molar-refractivity contribution in [2.75, 3.05) is 12.4 Å². The topological polar surface area (TPSA) is 56.1 Å². The van der Waals surface area contributed by atoms with Gasteiger partial charge in [-0.05, 0) is 18.2 Å². The third-order valence-corrected chi connectivity index (χ3v) is 2.87. The summed E-state index contributed by atoms with van der Waals surface area (Å²) in [5, 5.41) is 6.30. The van der Waals surface area contributed by atoms with Gasteiger partial charge in [-0.15, -0.1) is 0 Å². The average Bonchev–Trinajstić information content (AvgIpc) is 2.83. The van der Waals surface area contributed by atoms with E-state index in [-0.39, 0.29) is 11.3 Å². The van der Waals surface area contributed by atoms with Gasteiger partial charge in [0.05, 0.1) is 24.6 Å². The molecule has 0 radical (unpaired) electrons. The van der Waals surface area contributed by atoms with Gasteiger partial charge in [-0.3, -0.25) is 9.48 Å². The van der Waals surface area contributed by atoms with Gasteiger partial charge in [-0.1, -0.05) is 11.6 Å². The lowest BCUT2D eigenvalue weighted by molar-refractivity contribution is -0.142. The number of hydrogen-bond acceptors (Lipinski definition) is 3. The zero-order chi connectivity index (χ0) is 16.3. The maximum atomic E-state index is 12.2. The molecular formula is C13H11ClF3N3O2. The minimum absolute atomic E-state index is 0.135. The van der Waals surface area contributed by atoms with Gasteiger partial charge in [0.2, 0.25) is 0 Å². The number of carbonyl (C=O) groups excluding carboxylic acids is 1. The lowest BCUT2D eigenvalue weighted by Gasteiger charge is -2.08. The number of nitrogens with zero attached hydrogens (tertiary/aromatic N) is 2. The van der Waals surface area contributed by atoms with Crippen molar-refractivity contribution >= 4 is 23.2 Å². The fraction of sp³-hybridized carbons (Fsp3) is 0.231. The van der Waals surface area contributed by atoms with Crippen LogP contribution in [-0.2, 0) is 6.54 Å². The standard InChI is InChI=1S/C13H11ClF3N3O2/c1-22-11-3-2-8(14)4-10(11)12(21)19-9-5-18-20(6-9)7-13(15,16)17/h2-6H,7H2,1H3,(H,19,21). The van der Waals surface area contributed by atoms with Gasteiger partial charge in [-0.2, -0.15) is 18.3 Å². The third-order valence-electron chi connectivity index (χ3n) is 2.64. The highest BCUT2D eigenvalue weighted by Gasteiger charge is 2.28. The normalized spacial score (nSPS) is 11.3. The SMILES string of the molecule is COc1ccc(Cl)cc1C(=O)Nc1cnn(CC(F)(F)F)c1. The van der Waals surface area contributed by atoms with Crippen LogP contribution in [0.3, 0.4) is 0 Å². The number of methoxy groups -OCH3 is 1. The molecule has 0 saturated heterocycles. The van der Waals surface area contributed by atoms with Gasteiger partial charge < -0.3 is 10.1 Å². The first-order valence-corrected chi connectivity index (χ1v) is 6.40. The summed E-state index contributed by atoms with van der Waals surface area (Å²) in [6.45, 7) is -1.23. The molecule has 0 atom stereocenters. The molecule has 9 heteroatoms. The van der Waals surface area contributed by atoms with Crippen molar-refractivity contribution in [3.8, 4) is 5.75 Å². The molecular weight excluding hydrogens is 323 g/mol. The largest absolute Gasteiger partial charge is 0.496 e. The number of amides is 1. The molecule has 0 aliphatic heterocycles. The second-order valence-electron chi connectivity index (χ2n) is 4.34. The van der Waals surface area contributed by atoms with Gasteiger partial charge in [0.1, 0.15) is 12.3 Å². The lowest BCUT2D eigenvalue weighted by Crippen LogP contribution is -2.18. The molecule has 22 heavy (non-hydrogen) atoms. The monoisotopic (exact) mass is 333 g/mol. The minimum Gasteiger partial charge on any atom is -0.496 e. The first kappa shape index (κ1) is 16.2. The van der Waals surface area contributed by atoms with Gasteiger partial charge >= 0.3 is 6.18 Å². The summed E-state index contributed by atoms with van der Waals surface area (Å²) in [7, 11) is 1.39. The van der Waals surface area contributed by atoms with Crippen LogP contribution in [0, 0.1) is 0 Å². The maximum Gasteiger partial charge on any atom is 0.408 e. The third kappa shape index (κ3) is 4.14. The van der Waals surface area contributed by atoms with Crippen molar-refractivity contribution in [2.24, 2.45) is 0 Å².